The fourth-order valence-corrected chi connectivity index (χ4v) is 4.46. The van der Waals surface area contributed by atoms with Gasteiger partial charge in [0.15, 0.2) is 0 Å². The van der Waals surface area contributed by atoms with Crippen molar-refractivity contribution < 1.29 is 54.1 Å². The summed E-state index contributed by atoms with van der Waals surface area (Å²) >= 11 is 0. The van der Waals surface area contributed by atoms with Gasteiger partial charge >= 0.3 is 17.1 Å². The second-order valence-corrected chi connectivity index (χ2v) is 11.3. The quantitative estimate of drug-likeness (QED) is 0.0657. The smallest absolute Gasteiger partial charge is 0.756 e. The molecular weight excluding hydrogens is 534 g/mol. The van der Waals surface area contributed by atoms with Crippen molar-refractivity contribution in [3.63, 3.8) is 0 Å². The Hall–Kier alpha value is 0.739. The van der Waals surface area contributed by atoms with Gasteiger partial charge in [0.05, 0.1) is 26.4 Å². The van der Waals surface area contributed by atoms with E-state index in [9.17, 15) is 18.9 Å². The van der Waals surface area contributed by atoms with E-state index in [2.05, 4.69) is 27.7 Å². The molecule has 11 heteroatoms. The Morgan fingerprint density at radius 1 is 0.429 bits per heavy atom. The van der Waals surface area contributed by atoms with Gasteiger partial charge in [-0.3, -0.25) is 9.13 Å². The van der Waals surface area contributed by atoms with E-state index in [1.165, 1.54) is 0 Å². The van der Waals surface area contributed by atoms with Gasteiger partial charge in [0.1, 0.15) is 0 Å². The van der Waals surface area contributed by atoms with Gasteiger partial charge in [-0.1, -0.05) is 105 Å². The van der Waals surface area contributed by atoms with Crippen LogP contribution in [-0.2, 0) is 44.3 Å². The van der Waals surface area contributed by atoms with Gasteiger partial charge in [0, 0.05) is 0 Å². The first-order valence-corrected chi connectivity index (χ1v) is 16.4. The maximum atomic E-state index is 11.3. The van der Waals surface area contributed by atoms with Crippen LogP contribution in [0, 0.1) is 0 Å². The van der Waals surface area contributed by atoms with E-state index >= 15 is 0 Å². The average molecular weight is 586 g/mol. The van der Waals surface area contributed by atoms with Gasteiger partial charge in [-0.05, 0) is 25.7 Å². The zero-order valence-corrected chi connectivity index (χ0v) is 25.5. The molecule has 0 aromatic heterocycles. The van der Waals surface area contributed by atoms with Gasteiger partial charge in [-0.15, -0.1) is 0 Å². The second kappa shape index (κ2) is 29.3. The number of hydrogen-bond donors (Lipinski definition) is 0. The summed E-state index contributed by atoms with van der Waals surface area (Å²) in [7, 11) is -8.08. The van der Waals surface area contributed by atoms with Gasteiger partial charge in [0.25, 0.3) is 15.6 Å². The van der Waals surface area contributed by atoms with Crippen LogP contribution in [0.3, 0.4) is 0 Å². The van der Waals surface area contributed by atoms with E-state index in [4.69, 9.17) is 18.1 Å². The molecule has 0 aromatic rings. The van der Waals surface area contributed by atoms with E-state index in [-0.39, 0.29) is 43.5 Å². The summed E-state index contributed by atoms with van der Waals surface area (Å²) in [6, 6.07) is 0. The third kappa shape index (κ3) is 34.7. The molecule has 8 nitrogen and oxygen atoms in total. The summed E-state index contributed by atoms with van der Waals surface area (Å²) in [6.45, 7) is 9.42. The van der Waals surface area contributed by atoms with Crippen LogP contribution in [-0.4, -0.2) is 26.4 Å². The maximum Gasteiger partial charge on any atom is 2.00 e. The number of rotatable bonds is 24. The third-order valence-electron chi connectivity index (χ3n) is 4.99. The van der Waals surface area contributed by atoms with E-state index in [0.29, 0.717) is 0 Å². The van der Waals surface area contributed by atoms with Crippen LogP contribution in [0.1, 0.15) is 130 Å². The molecule has 0 amide bonds. The molecular formula is C24H52FeO8P2. The summed E-state index contributed by atoms with van der Waals surface area (Å²) in [6.07, 6.45) is 16.1. The molecule has 0 saturated heterocycles. The Balaban J connectivity index is -0.000000569. The minimum Gasteiger partial charge on any atom is -0.756 e. The molecule has 0 N–H and O–H groups in total. The van der Waals surface area contributed by atoms with E-state index in [1.54, 1.807) is 0 Å². The molecule has 0 rings (SSSR count). The summed E-state index contributed by atoms with van der Waals surface area (Å²) in [4.78, 5) is 22.6. The van der Waals surface area contributed by atoms with E-state index in [1.807, 2.05) is 0 Å². The number of phosphoric acid groups is 2. The summed E-state index contributed by atoms with van der Waals surface area (Å²) in [5.74, 6) is 0. The van der Waals surface area contributed by atoms with Crippen LogP contribution in [0.5, 0.6) is 0 Å². The van der Waals surface area contributed by atoms with Crippen LogP contribution in [0.25, 0.3) is 0 Å². The Morgan fingerprint density at radius 3 is 0.800 bits per heavy atom. The summed E-state index contributed by atoms with van der Waals surface area (Å²) < 4.78 is 41.6. The van der Waals surface area contributed by atoms with Crippen LogP contribution in [0.4, 0.5) is 0 Å². The Kier molecular flexibility index (Phi) is 33.7. The van der Waals surface area contributed by atoms with Gasteiger partial charge in [-0.25, -0.2) is 0 Å². The molecule has 35 heavy (non-hydrogen) atoms. The summed E-state index contributed by atoms with van der Waals surface area (Å²) in [5, 5.41) is 0. The fourth-order valence-electron chi connectivity index (χ4n) is 2.90. The Labute approximate surface area is 226 Å². The van der Waals surface area contributed by atoms with Crippen molar-refractivity contribution in [2.24, 2.45) is 0 Å². The molecule has 0 unspecified atom stereocenters. The van der Waals surface area contributed by atoms with Crippen molar-refractivity contribution in [3.05, 3.63) is 0 Å². The zero-order chi connectivity index (χ0) is 26.0. The van der Waals surface area contributed by atoms with Crippen LogP contribution in [0.2, 0.25) is 0 Å². The molecule has 0 saturated carbocycles. The van der Waals surface area contributed by atoms with Crippen molar-refractivity contribution in [1.82, 2.24) is 0 Å². The van der Waals surface area contributed by atoms with Gasteiger partial charge < -0.3 is 27.9 Å². The first-order chi connectivity index (χ1) is 16.2. The molecule has 0 heterocycles. The predicted molar refractivity (Wildman–Crippen MR) is 136 cm³/mol. The minimum atomic E-state index is -4.04. The molecule has 214 valence electrons. The van der Waals surface area contributed by atoms with Crippen molar-refractivity contribution in [3.8, 4) is 0 Å². The van der Waals surface area contributed by atoms with Crippen LogP contribution < -0.4 is 9.79 Å². The van der Waals surface area contributed by atoms with Crippen LogP contribution >= 0.6 is 15.6 Å². The first kappa shape index (κ1) is 40.2. The zero-order valence-electron chi connectivity index (χ0n) is 22.7. The monoisotopic (exact) mass is 586 g/mol. The molecule has 0 radical (unpaired) electrons. The Bertz CT molecular complexity index is 432. The number of unbranched alkanes of at least 4 members (excludes halogenated alkanes) is 12. The standard InChI is InChI=1S/2C12H27O4P.Fe/c2*1-3-5-7-9-11-15-17(13,14)16-12-10-8-6-4-2;/h2*3-12H2,1-2H3,(H,13,14);/q;;+2/p-2. The molecule has 0 bridgehead atoms. The first-order valence-electron chi connectivity index (χ1n) is 13.4. The fraction of sp³-hybridized carbons (Fsp3) is 1.00. The molecule has 0 aliphatic rings. The maximum absolute atomic E-state index is 11.3. The Morgan fingerprint density at radius 2 is 0.629 bits per heavy atom. The molecule has 0 fully saturated rings. The third-order valence-corrected chi connectivity index (χ3v) is 6.98. The molecule has 0 atom stereocenters. The van der Waals surface area contributed by atoms with Crippen molar-refractivity contribution >= 4 is 15.6 Å². The number of phosphoric ester groups is 2. The minimum absolute atomic E-state index is 0. The van der Waals surface area contributed by atoms with E-state index in [0.717, 1.165) is 103 Å². The van der Waals surface area contributed by atoms with Crippen LogP contribution in [0.15, 0.2) is 0 Å². The van der Waals surface area contributed by atoms with Crippen molar-refractivity contribution in [1.29, 1.82) is 0 Å². The van der Waals surface area contributed by atoms with Gasteiger partial charge in [-0.2, -0.15) is 0 Å². The average Bonchev–Trinajstić information content (AvgIpc) is 2.79. The molecule has 0 aliphatic carbocycles. The van der Waals surface area contributed by atoms with E-state index < -0.39 is 15.6 Å². The molecule has 0 spiro atoms. The normalized spacial score (nSPS) is 11.6. The van der Waals surface area contributed by atoms with Crippen molar-refractivity contribution in [2.45, 2.75) is 130 Å². The predicted octanol–water partition coefficient (Wildman–Crippen LogP) is 7.29. The number of hydrogen-bond acceptors (Lipinski definition) is 8. The van der Waals surface area contributed by atoms with Gasteiger partial charge in [0.2, 0.25) is 0 Å². The largest absolute Gasteiger partial charge is 2.00 e. The SMILES string of the molecule is CCCCCCOP(=O)([O-])OCCCCCC.CCCCCCOP(=O)([O-])OCCCCCC.[Fe+2]. The molecule has 0 aromatic carbocycles. The summed E-state index contributed by atoms with van der Waals surface area (Å²) in [5.41, 5.74) is 0. The van der Waals surface area contributed by atoms with Crippen molar-refractivity contribution in [2.75, 3.05) is 26.4 Å². The molecule has 0 aliphatic heterocycles. The second-order valence-electron chi connectivity index (χ2n) is 8.47. The topological polar surface area (TPSA) is 117 Å².